The molecule has 0 heterocycles. The summed E-state index contributed by atoms with van der Waals surface area (Å²) in [7, 11) is 0. The van der Waals surface area contributed by atoms with Crippen LogP contribution in [0.25, 0.3) is 6.08 Å². The van der Waals surface area contributed by atoms with Crippen LogP contribution in [-0.2, 0) is 4.79 Å². The monoisotopic (exact) mass is 236 g/mol. The third-order valence-electron chi connectivity index (χ3n) is 2.06. The molecule has 1 heteroatoms. The van der Waals surface area contributed by atoms with Gasteiger partial charge in [0, 0.05) is 0 Å². The molecule has 1 aromatic carbocycles. The number of carbonyl (C=O) groups excluding carboxylic acids is 1. The lowest BCUT2D eigenvalue weighted by Crippen LogP contribution is -1.66. The summed E-state index contributed by atoms with van der Waals surface area (Å²) in [6.07, 6.45) is 19.4. The van der Waals surface area contributed by atoms with E-state index < -0.39 is 0 Å². The molecule has 0 aromatic heterocycles. The molecule has 0 spiro atoms. The predicted molar refractivity (Wildman–Crippen MR) is 78.1 cm³/mol. The lowest BCUT2D eigenvalue weighted by molar-refractivity contribution is -0.104. The van der Waals surface area contributed by atoms with Crippen LogP contribution in [0.5, 0.6) is 0 Å². The molecule has 1 rings (SSSR count). The van der Waals surface area contributed by atoms with Gasteiger partial charge in [-0.25, -0.2) is 0 Å². The lowest BCUT2D eigenvalue weighted by atomic mass is 10.2. The Hall–Kier alpha value is -2.41. The van der Waals surface area contributed by atoms with Gasteiger partial charge in [-0.05, 0) is 11.6 Å². The summed E-state index contributed by atoms with van der Waals surface area (Å²) < 4.78 is 0. The van der Waals surface area contributed by atoms with E-state index in [-0.39, 0.29) is 0 Å². The zero-order chi connectivity index (χ0) is 12.9. The molecule has 18 heavy (non-hydrogen) atoms. The fraction of sp³-hybridized carbons (Fsp3) is 0. The highest BCUT2D eigenvalue weighted by Crippen LogP contribution is 2.00. The average molecular weight is 236 g/mol. The summed E-state index contributed by atoms with van der Waals surface area (Å²) in [5.41, 5.74) is 1.19. The largest absolute Gasteiger partial charge is 0.299 e. The molecule has 0 atom stereocenters. The van der Waals surface area contributed by atoms with Crippen molar-refractivity contribution in [1.82, 2.24) is 0 Å². The second-order valence-electron chi connectivity index (χ2n) is 3.45. The van der Waals surface area contributed by atoms with Crippen LogP contribution in [0.2, 0.25) is 0 Å². The van der Waals surface area contributed by atoms with Crippen molar-refractivity contribution >= 4 is 12.4 Å². The van der Waals surface area contributed by atoms with Crippen LogP contribution in [0, 0.1) is 0 Å². The van der Waals surface area contributed by atoms with Crippen molar-refractivity contribution in [3.05, 3.63) is 90.6 Å². The highest BCUT2D eigenvalue weighted by atomic mass is 16.1. The maximum absolute atomic E-state index is 9.97. The van der Waals surface area contributed by atoms with Crippen molar-refractivity contribution in [3.63, 3.8) is 0 Å². The summed E-state index contributed by atoms with van der Waals surface area (Å²) in [5, 5.41) is 0. The lowest BCUT2D eigenvalue weighted by Gasteiger charge is -1.87. The molecule has 0 amide bonds. The van der Waals surface area contributed by atoms with Crippen LogP contribution in [-0.4, -0.2) is 6.29 Å². The normalized spacial score (nSPS) is 12.7. The van der Waals surface area contributed by atoms with Crippen molar-refractivity contribution in [2.75, 3.05) is 0 Å². The van der Waals surface area contributed by atoms with Gasteiger partial charge in [0.2, 0.25) is 0 Å². The maximum Gasteiger partial charge on any atom is 0.142 e. The fourth-order valence-corrected chi connectivity index (χ4v) is 1.23. The first-order valence-electron chi connectivity index (χ1n) is 5.77. The van der Waals surface area contributed by atoms with Crippen LogP contribution < -0.4 is 0 Å². The molecular formula is C17H16O. The highest BCUT2D eigenvalue weighted by Gasteiger charge is 1.78. The third-order valence-corrected chi connectivity index (χ3v) is 2.06. The Kier molecular flexibility index (Phi) is 7.43. The number of benzene rings is 1. The van der Waals surface area contributed by atoms with Gasteiger partial charge in [-0.2, -0.15) is 0 Å². The maximum atomic E-state index is 9.97. The number of hydrogen-bond donors (Lipinski definition) is 0. The quantitative estimate of drug-likeness (QED) is 0.412. The summed E-state index contributed by atoms with van der Waals surface area (Å²) in [6, 6.07) is 10.1. The van der Waals surface area contributed by atoms with E-state index >= 15 is 0 Å². The zero-order valence-electron chi connectivity index (χ0n) is 10.1. The van der Waals surface area contributed by atoms with Crippen molar-refractivity contribution in [2.24, 2.45) is 0 Å². The molecule has 1 nitrogen and oxygen atoms in total. The van der Waals surface area contributed by atoms with Gasteiger partial charge in [0.05, 0.1) is 0 Å². The minimum atomic E-state index is 0.752. The summed E-state index contributed by atoms with van der Waals surface area (Å²) in [4.78, 5) is 9.97. The molecule has 0 aliphatic rings. The Morgan fingerprint density at radius 3 is 1.67 bits per heavy atom. The Morgan fingerprint density at radius 2 is 1.11 bits per heavy atom. The van der Waals surface area contributed by atoms with E-state index in [0.29, 0.717) is 0 Å². The number of carbonyl (C=O) groups is 1. The minimum Gasteiger partial charge on any atom is -0.299 e. The first-order valence-corrected chi connectivity index (χ1v) is 5.77. The Balaban J connectivity index is 2.31. The Bertz CT molecular complexity index is 474. The third kappa shape index (κ3) is 6.96. The van der Waals surface area contributed by atoms with Gasteiger partial charge in [-0.3, -0.25) is 4.79 Å². The van der Waals surface area contributed by atoms with Gasteiger partial charge < -0.3 is 0 Å². The smallest absolute Gasteiger partial charge is 0.142 e. The van der Waals surface area contributed by atoms with Crippen molar-refractivity contribution in [3.8, 4) is 0 Å². The predicted octanol–water partition coefficient (Wildman–Crippen LogP) is 4.12. The number of aldehydes is 1. The zero-order valence-corrected chi connectivity index (χ0v) is 10.1. The summed E-state index contributed by atoms with van der Waals surface area (Å²) in [6.45, 7) is 0. The molecule has 0 N–H and O–H groups in total. The Morgan fingerprint density at radius 1 is 0.611 bits per heavy atom. The fourth-order valence-electron chi connectivity index (χ4n) is 1.23. The first-order chi connectivity index (χ1) is 8.93. The molecule has 1 aromatic rings. The molecule has 0 bridgehead atoms. The van der Waals surface area contributed by atoms with Gasteiger partial charge in [0.15, 0.2) is 0 Å². The van der Waals surface area contributed by atoms with Crippen molar-refractivity contribution in [1.29, 1.82) is 0 Å². The number of rotatable bonds is 6. The topological polar surface area (TPSA) is 17.1 Å². The van der Waals surface area contributed by atoms with Gasteiger partial charge in [-0.15, -0.1) is 0 Å². The molecule has 90 valence electrons. The second kappa shape index (κ2) is 9.79. The van der Waals surface area contributed by atoms with E-state index in [1.165, 1.54) is 11.6 Å². The standard InChI is InChI=1S/C17H16O/c18-16-12-7-5-3-1-2-4-6-9-13-17-14-10-8-11-15-17/h1-16H/b2-1-,5-3-,6-4+,12-7-,13-9+. The molecule has 0 aliphatic carbocycles. The van der Waals surface area contributed by atoms with Gasteiger partial charge in [-0.1, -0.05) is 85.0 Å². The summed E-state index contributed by atoms with van der Waals surface area (Å²) in [5.74, 6) is 0. The number of hydrogen-bond acceptors (Lipinski definition) is 1. The van der Waals surface area contributed by atoms with Crippen LogP contribution in [0.1, 0.15) is 5.56 Å². The molecule has 0 unspecified atom stereocenters. The van der Waals surface area contributed by atoms with Crippen LogP contribution in [0.15, 0.2) is 85.0 Å². The average Bonchev–Trinajstić information content (AvgIpc) is 2.42. The van der Waals surface area contributed by atoms with Gasteiger partial charge in [0.25, 0.3) is 0 Å². The second-order valence-corrected chi connectivity index (χ2v) is 3.45. The van der Waals surface area contributed by atoms with Crippen LogP contribution in [0.3, 0.4) is 0 Å². The van der Waals surface area contributed by atoms with Crippen LogP contribution >= 0.6 is 0 Å². The molecule has 0 saturated heterocycles. The Labute approximate surface area is 108 Å². The minimum absolute atomic E-state index is 0.752. The summed E-state index contributed by atoms with van der Waals surface area (Å²) >= 11 is 0. The van der Waals surface area contributed by atoms with E-state index in [9.17, 15) is 4.79 Å². The first kappa shape index (κ1) is 13.7. The SMILES string of the molecule is O=C\C=C/C=C\C=C/C=C/C=C/c1ccccc1. The van der Waals surface area contributed by atoms with E-state index in [1.807, 2.05) is 60.7 Å². The molecule has 0 saturated carbocycles. The van der Waals surface area contributed by atoms with E-state index in [1.54, 1.807) is 12.2 Å². The molecule has 0 radical (unpaired) electrons. The van der Waals surface area contributed by atoms with Crippen molar-refractivity contribution < 1.29 is 4.79 Å². The van der Waals surface area contributed by atoms with Gasteiger partial charge >= 0.3 is 0 Å². The highest BCUT2D eigenvalue weighted by molar-refractivity contribution is 5.65. The van der Waals surface area contributed by atoms with E-state index in [2.05, 4.69) is 12.1 Å². The molecule has 0 aliphatic heterocycles. The van der Waals surface area contributed by atoms with Gasteiger partial charge in [0.1, 0.15) is 6.29 Å². The van der Waals surface area contributed by atoms with E-state index in [4.69, 9.17) is 0 Å². The number of allylic oxidation sites excluding steroid dienone is 9. The van der Waals surface area contributed by atoms with Crippen LogP contribution in [0.4, 0.5) is 0 Å². The molecular weight excluding hydrogens is 220 g/mol. The molecule has 0 fully saturated rings. The van der Waals surface area contributed by atoms with Crippen molar-refractivity contribution in [2.45, 2.75) is 0 Å². The van der Waals surface area contributed by atoms with E-state index in [0.717, 1.165) is 6.29 Å².